The summed E-state index contributed by atoms with van der Waals surface area (Å²) in [6.45, 7) is 24.3. The SMILES string of the molecule is CC(C)(C)OC(=O)N1CC[C@H]([C@@H]2C[C@@H](O[Si](C)(C)C(C)(C)C)CN2C(=O)OC(C)(C)C)C1. The molecule has 0 aliphatic carbocycles. The van der Waals surface area contributed by atoms with Gasteiger partial charge in [0.1, 0.15) is 11.2 Å². The van der Waals surface area contributed by atoms with Crippen LogP contribution in [0.25, 0.3) is 0 Å². The predicted octanol–water partition coefficient (Wildman–Crippen LogP) is 5.64. The maximum atomic E-state index is 13.1. The molecule has 0 unspecified atom stereocenters. The van der Waals surface area contributed by atoms with E-state index >= 15 is 0 Å². The first-order chi connectivity index (χ1) is 14.3. The van der Waals surface area contributed by atoms with Gasteiger partial charge in [0.05, 0.1) is 6.10 Å². The van der Waals surface area contributed by atoms with Crippen LogP contribution in [0, 0.1) is 5.92 Å². The summed E-state index contributed by atoms with van der Waals surface area (Å²) in [6.07, 6.45) is 1.04. The van der Waals surface area contributed by atoms with Crippen molar-refractivity contribution in [2.75, 3.05) is 19.6 Å². The number of hydrogen-bond donors (Lipinski definition) is 0. The number of ether oxygens (including phenoxy) is 2. The first-order valence-electron chi connectivity index (χ1n) is 11.9. The highest BCUT2D eigenvalue weighted by atomic mass is 28.4. The van der Waals surface area contributed by atoms with Crippen LogP contribution in [0.3, 0.4) is 0 Å². The van der Waals surface area contributed by atoms with Gasteiger partial charge in [0.2, 0.25) is 0 Å². The van der Waals surface area contributed by atoms with Crippen LogP contribution in [0.5, 0.6) is 0 Å². The van der Waals surface area contributed by atoms with Crippen LogP contribution in [0.4, 0.5) is 9.59 Å². The lowest BCUT2D eigenvalue weighted by atomic mass is 9.96. The van der Waals surface area contributed by atoms with Gasteiger partial charge in [0.15, 0.2) is 8.32 Å². The molecule has 2 rings (SSSR count). The average molecular weight is 471 g/mol. The predicted molar refractivity (Wildman–Crippen MR) is 129 cm³/mol. The van der Waals surface area contributed by atoms with Crippen LogP contribution in [0.15, 0.2) is 0 Å². The van der Waals surface area contributed by atoms with Crippen molar-refractivity contribution >= 4 is 20.5 Å². The molecule has 0 aromatic heterocycles. The Hall–Kier alpha value is -1.28. The van der Waals surface area contributed by atoms with E-state index in [2.05, 4.69) is 33.9 Å². The van der Waals surface area contributed by atoms with E-state index in [1.54, 1.807) is 4.90 Å². The van der Waals surface area contributed by atoms with E-state index in [0.29, 0.717) is 19.6 Å². The molecule has 2 saturated heterocycles. The molecular formula is C24H46N2O5Si. The number of rotatable bonds is 3. The molecule has 0 N–H and O–H groups in total. The van der Waals surface area contributed by atoms with Crippen molar-refractivity contribution in [1.29, 1.82) is 0 Å². The van der Waals surface area contributed by atoms with Crippen LogP contribution < -0.4 is 0 Å². The van der Waals surface area contributed by atoms with Gasteiger partial charge in [0, 0.05) is 25.7 Å². The van der Waals surface area contributed by atoms with E-state index in [-0.39, 0.29) is 35.3 Å². The molecule has 0 aromatic rings. The maximum Gasteiger partial charge on any atom is 0.410 e. The van der Waals surface area contributed by atoms with E-state index in [1.807, 2.05) is 46.4 Å². The molecule has 7 nitrogen and oxygen atoms in total. The Labute approximate surface area is 196 Å². The lowest BCUT2D eigenvalue weighted by Gasteiger charge is -2.38. The molecule has 0 aromatic carbocycles. The van der Waals surface area contributed by atoms with Crippen LogP contribution in [-0.2, 0) is 13.9 Å². The summed E-state index contributed by atoms with van der Waals surface area (Å²) in [7, 11) is -1.97. The Morgan fingerprint density at radius 3 is 1.88 bits per heavy atom. The lowest BCUT2D eigenvalue weighted by Crippen LogP contribution is -2.45. The quantitative estimate of drug-likeness (QED) is 0.499. The minimum atomic E-state index is -1.97. The molecule has 2 amide bonds. The fourth-order valence-electron chi connectivity index (χ4n) is 4.08. The first kappa shape index (κ1) is 27.0. The lowest BCUT2D eigenvalue weighted by molar-refractivity contribution is 0.0159. The molecule has 2 fully saturated rings. The second kappa shape index (κ2) is 9.16. The molecule has 3 atom stereocenters. The molecule has 2 aliphatic heterocycles. The van der Waals surface area contributed by atoms with Crippen molar-refractivity contribution in [1.82, 2.24) is 9.80 Å². The van der Waals surface area contributed by atoms with Crippen molar-refractivity contribution in [2.45, 2.75) is 117 Å². The molecule has 0 saturated carbocycles. The number of hydrogen-bond acceptors (Lipinski definition) is 5. The zero-order chi connectivity index (χ0) is 24.7. The van der Waals surface area contributed by atoms with E-state index in [4.69, 9.17) is 13.9 Å². The summed E-state index contributed by atoms with van der Waals surface area (Å²) >= 11 is 0. The fraction of sp³-hybridized carbons (Fsp3) is 0.917. The van der Waals surface area contributed by atoms with Gasteiger partial charge in [-0.15, -0.1) is 0 Å². The second-order valence-corrected chi connectivity index (χ2v) is 17.7. The van der Waals surface area contributed by atoms with E-state index in [1.165, 1.54) is 0 Å². The van der Waals surface area contributed by atoms with Gasteiger partial charge in [-0.3, -0.25) is 0 Å². The molecule has 0 spiro atoms. The molecule has 0 radical (unpaired) electrons. The Bertz CT molecular complexity index is 690. The van der Waals surface area contributed by atoms with Crippen molar-refractivity contribution in [3.8, 4) is 0 Å². The smallest absolute Gasteiger partial charge is 0.410 e. The zero-order valence-corrected chi connectivity index (χ0v) is 23.2. The topological polar surface area (TPSA) is 68.3 Å². The Balaban J connectivity index is 2.16. The number of nitrogens with zero attached hydrogens (tertiary/aromatic N) is 2. The molecule has 32 heavy (non-hydrogen) atoms. The molecule has 2 heterocycles. The van der Waals surface area contributed by atoms with Crippen molar-refractivity contribution in [3.63, 3.8) is 0 Å². The minimum absolute atomic E-state index is 0.00736. The maximum absolute atomic E-state index is 13.1. The molecule has 186 valence electrons. The summed E-state index contributed by atoms with van der Waals surface area (Å²) in [6, 6.07) is -0.00736. The standard InChI is InChI=1S/C24H46N2O5Si/c1-22(2,3)29-20(27)25-13-12-17(15-25)19-14-18(31-32(10,11)24(7,8)9)16-26(19)21(28)30-23(4,5)6/h17-19H,12-16H2,1-11H3/t17-,18+,19-/m0/s1. The second-order valence-electron chi connectivity index (χ2n) is 12.9. The highest BCUT2D eigenvalue weighted by Gasteiger charge is 2.48. The Kier molecular flexibility index (Phi) is 7.72. The van der Waals surface area contributed by atoms with Crippen molar-refractivity contribution in [2.24, 2.45) is 5.92 Å². The molecular weight excluding hydrogens is 424 g/mol. The monoisotopic (exact) mass is 470 g/mol. The van der Waals surface area contributed by atoms with Gasteiger partial charge in [-0.2, -0.15) is 0 Å². The third-order valence-corrected chi connectivity index (χ3v) is 11.2. The summed E-state index contributed by atoms with van der Waals surface area (Å²) in [5.74, 6) is 0.183. The van der Waals surface area contributed by atoms with E-state index in [9.17, 15) is 9.59 Å². The zero-order valence-electron chi connectivity index (χ0n) is 22.2. The minimum Gasteiger partial charge on any atom is -0.444 e. The van der Waals surface area contributed by atoms with Gasteiger partial charge in [-0.1, -0.05) is 20.8 Å². The summed E-state index contributed by atoms with van der Waals surface area (Å²) in [4.78, 5) is 29.3. The van der Waals surface area contributed by atoms with Gasteiger partial charge in [-0.05, 0) is 78.4 Å². The summed E-state index contributed by atoms with van der Waals surface area (Å²) in [5.41, 5.74) is -1.08. The third-order valence-electron chi connectivity index (χ3n) is 6.62. The Morgan fingerprint density at radius 1 is 0.844 bits per heavy atom. The van der Waals surface area contributed by atoms with Crippen molar-refractivity contribution < 1.29 is 23.5 Å². The van der Waals surface area contributed by atoms with Crippen LogP contribution in [0.2, 0.25) is 18.1 Å². The normalized spacial score (nSPS) is 25.3. The third kappa shape index (κ3) is 7.11. The van der Waals surface area contributed by atoms with Gasteiger partial charge in [-0.25, -0.2) is 9.59 Å². The highest BCUT2D eigenvalue weighted by Crippen LogP contribution is 2.40. The molecule has 0 bridgehead atoms. The van der Waals surface area contributed by atoms with Gasteiger partial charge < -0.3 is 23.7 Å². The molecule has 2 aliphatic rings. The molecule has 8 heteroatoms. The van der Waals surface area contributed by atoms with Gasteiger partial charge in [0.25, 0.3) is 0 Å². The summed E-state index contributed by atoms with van der Waals surface area (Å²) < 4.78 is 18.0. The largest absolute Gasteiger partial charge is 0.444 e. The number of carbonyl (C=O) groups excluding carboxylic acids is 2. The van der Waals surface area contributed by atoms with Crippen LogP contribution in [0.1, 0.15) is 75.2 Å². The number of amides is 2. The van der Waals surface area contributed by atoms with E-state index < -0.39 is 19.5 Å². The van der Waals surface area contributed by atoms with E-state index in [0.717, 1.165) is 12.8 Å². The summed E-state index contributed by atoms with van der Waals surface area (Å²) in [5, 5.41) is 0.0999. The van der Waals surface area contributed by atoms with Crippen molar-refractivity contribution in [3.05, 3.63) is 0 Å². The Morgan fingerprint density at radius 2 is 1.38 bits per heavy atom. The van der Waals surface area contributed by atoms with Crippen LogP contribution >= 0.6 is 0 Å². The van der Waals surface area contributed by atoms with Crippen LogP contribution in [-0.4, -0.2) is 73.3 Å². The van der Waals surface area contributed by atoms with Gasteiger partial charge >= 0.3 is 12.2 Å². The highest BCUT2D eigenvalue weighted by molar-refractivity contribution is 6.74. The number of likely N-dealkylation sites (tertiary alicyclic amines) is 2. The fourth-order valence-corrected chi connectivity index (χ4v) is 5.43. The first-order valence-corrected chi connectivity index (χ1v) is 14.9. The average Bonchev–Trinajstić information content (AvgIpc) is 3.16. The number of carbonyl (C=O) groups is 2.